The van der Waals surface area contributed by atoms with E-state index in [0.29, 0.717) is 25.9 Å². The molecule has 0 aromatic heterocycles. The molecule has 0 bridgehead atoms. The Hall–Kier alpha value is -1.78. The second-order valence-corrected chi connectivity index (χ2v) is 7.82. The van der Waals surface area contributed by atoms with Crippen LogP contribution in [0.1, 0.15) is 25.7 Å². The van der Waals surface area contributed by atoms with E-state index in [1.54, 1.807) is 0 Å². The van der Waals surface area contributed by atoms with Crippen LogP contribution in [-0.2, 0) is 9.47 Å². The first-order valence-electron chi connectivity index (χ1n) is 10.6. The molecule has 0 saturated carbocycles. The Kier molecular flexibility index (Phi) is 10.8. The second kappa shape index (κ2) is 13.1. The highest BCUT2D eigenvalue weighted by Gasteiger charge is 2.39. The summed E-state index contributed by atoms with van der Waals surface area (Å²) in [5.74, 6) is 0. The number of aliphatic hydroxyl groups is 6. The predicted molar refractivity (Wildman–Crippen MR) is 107 cm³/mol. The van der Waals surface area contributed by atoms with Crippen LogP contribution in [-0.4, -0.2) is 118 Å². The largest absolute Gasteiger partial charge is 0.388 e. The molecule has 186 valence electrons. The highest BCUT2D eigenvalue weighted by Crippen LogP contribution is 2.14. The second-order valence-electron chi connectivity index (χ2n) is 7.82. The molecule has 2 saturated heterocycles. The minimum absolute atomic E-state index is 0.200. The van der Waals surface area contributed by atoms with Crippen LogP contribution in [0.2, 0.25) is 0 Å². The third kappa shape index (κ3) is 7.97. The standard InChI is InChI=1S/C18H34N4O10/c23-9-7-31-15(13(27)11(9)25)21-17(29)19-5-3-1-2-4-6-20-18(30)22-16-14(28)12(26)10(24)8-32-16/h9-16,23-28H,1-8H2,(H2,19,21,29)(H2,20,22,30)/t9-,10+,11-,12-,13-,14+,15+,16-/m1/s1. The first kappa shape index (κ1) is 26.5. The summed E-state index contributed by atoms with van der Waals surface area (Å²) in [5, 5.41) is 67.4. The topological polar surface area (TPSA) is 222 Å². The van der Waals surface area contributed by atoms with E-state index < -0.39 is 61.1 Å². The van der Waals surface area contributed by atoms with Gasteiger partial charge in [-0.2, -0.15) is 0 Å². The fourth-order valence-corrected chi connectivity index (χ4v) is 3.23. The molecular formula is C18H34N4O10. The monoisotopic (exact) mass is 466 g/mol. The van der Waals surface area contributed by atoms with Crippen molar-refractivity contribution in [2.75, 3.05) is 26.3 Å². The normalized spacial score (nSPS) is 35.1. The molecular weight excluding hydrogens is 432 g/mol. The Morgan fingerprint density at radius 2 is 1.00 bits per heavy atom. The Morgan fingerprint density at radius 1 is 0.625 bits per heavy atom. The summed E-state index contributed by atoms with van der Waals surface area (Å²) in [6.45, 7) is 0.348. The highest BCUT2D eigenvalue weighted by molar-refractivity contribution is 5.74. The summed E-state index contributed by atoms with van der Waals surface area (Å²) in [6, 6.07) is -1.14. The van der Waals surface area contributed by atoms with Crippen molar-refractivity contribution in [3.05, 3.63) is 0 Å². The highest BCUT2D eigenvalue weighted by atomic mass is 16.5. The number of unbranched alkanes of at least 4 members (excludes halogenated alkanes) is 3. The van der Waals surface area contributed by atoms with E-state index in [-0.39, 0.29) is 13.2 Å². The molecule has 0 aromatic carbocycles. The van der Waals surface area contributed by atoms with Crippen LogP contribution in [0.4, 0.5) is 9.59 Å². The van der Waals surface area contributed by atoms with E-state index in [1.807, 2.05) is 0 Å². The van der Waals surface area contributed by atoms with Gasteiger partial charge in [0.05, 0.1) is 13.2 Å². The van der Waals surface area contributed by atoms with Gasteiger partial charge in [-0.25, -0.2) is 9.59 Å². The van der Waals surface area contributed by atoms with E-state index in [0.717, 1.165) is 12.8 Å². The van der Waals surface area contributed by atoms with Gasteiger partial charge in [0, 0.05) is 13.1 Å². The quantitative estimate of drug-likeness (QED) is 0.148. The van der Waals surface area contributed by atoms with E-state index in [4.69, 9.17) is 9.47 Å². The lowest BCUT2D eigenvalue weighted by atomic mass is 10.0. The number of carbonyl (C=O) groups excluding carboxylic acids is 2. The summed E-state index contributed by atoms with van der Waals surface area (Å²) in [4.78, 5) is 23.6. The maximum atomic E-state index is 11.8. The van der Waals surface area contributed by atoms with E-state index in [1.165, 1.54) is 0 Å². The van der Waals surface area contributed by atoms with Crippen LogP contribution >= 0.6 is 0 Å². The number of carbonyl (C=O) groups is 2. The van der Waals surface area contributed by atoms with Crippen LogP contribution in [0.25, 0.3) is 0 Å². The van der Waals surface area contributed by atoms with Crippen molar-refractivity contribution in [1.82, 2.24) is 21.3 Å². The fraction of sp³-hybridized carbons (Fsp3) is 0.889. The Morgan fingerprint density at radius 3 is 1.38 bits per heavy atom. The molecule has 0 unspecified atom stereocenters. The molecule has 2 fully saturated rings. The van der Waals surface area contributed by atoms with Crippen molar-refractivity contribution in [1.29, 1.82) is 0 Å². The van der Waals surface area contributed by atoms with Gasteiger partial charge in [-0.05, 0) is 12.8 Å². The Labute approximate surface area is 184 Å². The molecule has 10 N–H and O–H groups in total. The molecule has 14 heteroatoms. The van der Waals surface area contributed by atoms with Gasteiger partial charge < -0.3 is 61.4 Å². The number of amides is 4. The Bertz CT molecular complexity index is 550. The van der Waals surface area contributed by atoms with Crippen LogP contribution < -0.4 is 21.3 Å². The van der Waals surface area contributed by atoms with Crippen molar-refractivity contribution in [2.24, 2.45) is 0 Å². The van der Waals surface area contributed by atoms with Crippen molar-refractivity contribution in [3.8, 4) is 0 Å². The van der Waals surface area contributed by atoms with Gasteiger partial charge >= 0.3 is 12.1 Å². The van der Waals surface area contributed by atoms with Crippen molar-refractivity contribution < 1.29 is 49.7 Å². The molecule has 14 nitrogen and oxygen atoms in total. The number of urea groups is 2. The van der Waals surface area contributed by atoms with Gasteiger partial charge in [-0.1, -0.05) is 12.8 Å². The third-order valence-corrected chi connectivity index (χ3v) is 5.22. The maximum Gasteiger partial charge on any atom is 0.316 e. The SMILES string of the molecule is O=C(NCCCCCCNC(=O)N[C@H]1OC[C@@H](O)[C@@H](O)[C@H]1O)N[C@@H]1OC[C@H](O)[C@@H](O)[C@@H]1O. The van der Waals surface area contributed by atoms with Crippen molar-refractivity contribution in [2.45, 2.75) is 74.8 Å². The maximum absolute atomic E-state index is 11.8. The molecule has 2 heterocycles. The van der Waals surface area contributed by atoms with Crippen LogP contribution in [0.15, 0.2) is 0 Å². The summed E-state index contributed by atoms with van der Waals surface area (Å²) in [6.07, 6.45) is -7.38. The number of nitrogens with one attached hydrogen (secondary N) is 4. The summed E-state index contributed by atoms with van der Waals surface area (Å²) < 4.78 is 10.2. The van der Waals surface area contributed by atoms with Gasteiger partial charge in [-0.3, -0.25) is 0 Å². The summed E-state index contributed by atoms with van der Waals surface area (Å²) in [5.41, 5.74) is 0. The van der Waals surface area contributed by atoms with Crippen molar-refractivity contribution in [3.63, 3.8) is 0 Å². The third-order valence-electron chi connectivity index (χ3n) is 5.22. The summed E-state index contributed by atoms with van der Waals surface area (Å²) in [7, 11) is 0. The van der Waals surface area contributed by atoms with E-state index in [9.17, 15) is 40.2 Å². The molecule has 0 spiro atoms. The molecule has 2 aliphatic heterocycles. The zero-order valence-electron chi connectivity index (χ0n) is 17.6. The molecule has 8 atom stereocenters. The lowest BCUT2D eigenvalue weighted by molar-refractivity contribution is -0.191. The number of ether oxygens (including phenoxy) is 2. The lowest BCUT2D eigenvalue weighted by Gasteiger charge is -2.35. The molecule has 0 radical (unpaired) electrons. The smallest absolute Gasteiger partial charge is 0.316 e. The first-order valence-corrected chi connectivity index (χ1v) is 10.6. The van der Waals surface area contributed by atoms with Crippen LogP contribution in [0.5, 0.6) is 0 Å². The minimum atomic E-state index is -1.43. The molecule has 2 aliphatic rings. The molecule has 32 heavy (non-hydrogen) atoms. The Balaban J connectivity index is 1.47. The molecule has 4 amide bonds. The number of aliphatic hydroxyl groups excluding tert-OH is 6. The lowest BCUT2D eigenvalue weighted by Crippen LogP contribution is -2.60. The van der Waals surface area contributed by atoms with Crippen molar-refractivity contribution >= 4 is 12.1 Å². The van der Waals surface area contributed by atoms with Gasteiger partial charge in [0.25, 0.3) is 0 Å². The van der Waals surface area contributed by atoms with Gasteiger partial charge in [0.1, 0.15) is 36.6 Å². The zero-order chi connectivity index (χ0) is 23.7. The number of hydrogen-bond acceptors (Lipinski definition) is 10. The fourth-order valence-electron chi connectivity index (χ4n) is 3.23. The zero-order valence-corrected chi connectivity index (χ0v) is 17.6. The van der Waals surface area contributed by atoms with Gasteiger partial charge in [-0.15, -0.1) is 0 Å². The average molecular weight is 466 g/mol. The molecule has 2 rings (SSSR count). The van der Waals surface area contributed by atoms with Gasteiger partial charge in [0.2, 0.25) is 0 Å². The molecule has 0 aliphatic carbocycles. The predicted octanol–water partition coefficient (Wildman–Crippen LogP) is -3.98. The van der Waals surface area contributed by atoms with Crippen LogP contribution in [0, 0.1) is 0 Å². The molecule has 0 aromatic rings. The van der Waals surface area contributed by atoms with Gasteiger partial charge in [0.15, 0.2) is 12.5 Å². The first-order chi connectivity index (χ1) is 15.2. The average Bonchev–Trinajstić information content (AvgIpc) is 2.76. The summed E-state index contributed by atoms with van der Waals surface area (Å²) >= 11 is 0. The van der Waals surface area contributed by atoms with E-state index in [2.05, 4.69) is 21.3 Å². The van der Waals surface area contributed by atoms with Crippen LogP contribution in [0.3, 0.4) is 0 Å². The number of rotatable bonds is 9. The number of hydrogen-bond donors (Lipinski definition) is 10. The van der Waals surface area contributed by atoms with E-state index >= 15 is 0 Å². The minimum Gasteiger partial charge on any atom is -0.388 e.